The van der Waals surface area contributed by atoms with Crippen molar-refractivity contribution in [2.24, 2.45) is 10.9 Å². The molecule has 1 aromatic carbocycles. The number of ether oxygens (including phenoxy) is 1. The Morgan fingerprint density at radius 2 is 2.32 bits per heavy atom. The van der Waals surface area contributed by atoms with Gasteiger partial charge in [0.15, 0.2) is 5.13 Å². The first-order chi connectivity index (χ1) is 10.8. The fraction of sp³-hybridized carbons (Fsp3) is 0.500. The molecule has 4 aliphatic rings. The maximum Gasteiger partial charge on any atom is 0.291 e. The highest BCUT2D eigenvalue weighted by atomic mass is 32.1. The van der Waals surface area contributed by atoms with Gasteiger partial charge in [0.1, 0.15) is 5.60 Å². The molecule has 5 nitrogen and oxygen atoms in total. The fourth-order valence-electron chi connectivity index (χ4n) is 4.63. The van der Waals surface area contributed by atoms with Crippen LogP contribution in [0.5, 0.6) is 0 Å². The van der Waals surface area contributed by atoms with E-state index >= 15 is 0 Å². The van der Waals surface area contributed by atoms with Crippen LogP contribution >= 0.6 is 11.3 Å². The van der Waals surface area contributed by atoms with E-state index in [9.17, 15) is 0 Å². The molecular formula is C16H16N4OS. The molecular weight excluding hydrogens is 296 g/mol. The minimum Gasteiger partial charge on any atom is -0.455 e. The molecule has 1 aliphatic carbocycles. The largest absolute Gasteiger partial charge is 0.455 e. The van der Waals surface area contributed by atoms with Crippen molar-refractivity contribution in [2.45, 2.75) is 24.0 Å². The second-order valence-electron chi connectivity index (χ2n) is 6.93. The molecule has 1 aromatic heterocycles. The lowest BCUT2D eigenvalue weighted by Gasteiger charge is -2.39. The standard InChI is InChI=1S/C16H16N4OS/c1-2-4-11-10(3-1)18-14(22-11)19-13-17-8-16(21-13)9-20-6-5-15(20)7-12(15)16/h1-4,12H,5-9H2,(H,17,18,19). The smallest absolute Gasteiger partial charge is 0.291 e. The van der Waals surface area contributed by atoms with Crippen molar-refractivity contribution in [1.29, 1.82) is 0 Å². The highest BCUT2D eigenvalue weighted by Crippen LogP contribution is 2.67. The third kappa shape index (κ3) is 1.33. The number of piperidine rings is 1. The number of fused-ring (bicyclic) bond motifs is 2. The topological polar surface area (TPSA) is 49.8 Å². The lowest BCUT2D eigenvalue weighted by Crippen LogP contribution is -2.49. The van der Waals surface area contributed by atoms with Gasteiger partial charge in [0, 0.05) is 24.5 Å². The first kappa shape index (κ1) is 11.8. The molecule has 6 heteroatoms. The van der Waals surface area contributed by atoms with Crippen LogP contribution in [0.25, 0.3) is 10.2 Å². The molecule has 0 bridgehead atoms. The molecule has 3 aliphatic heterocycles. The van der Waals surface area contributed by atoms with Gasteiger partial charge in [0.05, 0.1) is 16.8 Å². The summed E-state index contributed by atoms with van der Waals surface area (Å²) in [5.41, 5.74) is 1.46. The fourth-order valence-corrected chi connectivity index (χ4v) is 5.49. The van der Waals surface area contributed by atoms with Crippen molar-refractivity contribution in [3.63, 3.8) is 0 Å². The summed E-state index contributed by atoms with van der Waals surface area (Å²) < 4.78 is 7.49. The number of anilines is 1. The van der Waals surface area contributed by atoms with E-state index in [0.29, 0.717) is 17.5 Å². The number of aromatic nitrogens is 1. The Bertz CT molecular complexity index is 799. The molecule has 0 radical (unpaired) electrons. The lowest BCUT2D eigenvalue weighted by atomic mass is 9.98. The number of thiazole rings is 1. The number of amidine groups is 1. The van der Waals surface area contributed by atoms with Crippen molar-refractivity contribution >= 4 is 32.7 Å². The van der Waals surface area contributed by atoms with Crippen molar-refractivity contribution in [3.8, 4) is 0 Å². The Morgan fingerprint density at radius 1 is 1.36 bits per heavy atom. The molecule has 3 atom stereocenters. The Balaban J connectivity index is 1.24. The van der Waals surface area contributed by atoms with Crippen LogP contribution < -0.4 is 5.32 Å². The van der Waals surface area contributed by atoms with Crippen molar-refractivity contribution in [1.82, 2.24) is 9.88 Å². The van der Waals surface area contributed by atoms with Crippen molar-refractivity contribution < 1.29 is 4.74 Å². The van der Waals surface area contributed by atoms with E-state index < -0.39 is 0 Å². The van der Waals surface area contributed by atoms with Crippen LogP contribution in [0.4, 0.5) is 5.13 Å². The molecule has 3 unspecified atom stereocenters. The predicted octanol–water partition coefficient (Wildman–Crippen LogP) is 2.31. The second-order valence-corrected chi connectivity index (χ2v) is 7.96. The Morgan fingerprint density at radius 3 is 3.05 bits per heavy atom. The van der Waals surface area contributed by atoms with Gasteiger partial charge in [-0.25, -0.2) is 9.98 Å². The minimum atomic E-state index is -0.0600. The van der Waals surface area contributed by atoms with Crippen LogP contribution in [-0.2, 0) is 4.74 Å². The molecule has 22 heavy (non-hydrogen) atoms. The molecule has 1 N–H and O–H groups in total. The van der Waals surface area contributed by atoms with Crippen LogP contribution in [-0.4, -0.2) is 46.7 Å². The van der Waals surface area contributed by atoms with Gasteiger partial charge in [0.25, 0.3) is 6.02 Å². The van der Waals surface area contributed by atoms with Gasteiger partial charge in [-0.05, 0) is 25.0 Å². The SMILES string of the molecule is c1ccc2sc(NC3=NCC4(CN5CCC56CC46)O3)nc2c1. The summed E-state index contributed by atoms with van der Waals surface area (Å²) in [6, 6.07) is 8.83. The average Bonchev–Trinajstić information content (AvgIpc) is 2.95. The number of hydrogen-bond donors (Lipinski definition) is 1. The Labute approximate surface area is 132 Å². The molecule has 2 saturated heterocycles. The summed E-state index contributed by atoms with van der Waals surface area (Å²) in [4.78, 5) is 11.8. The highest BCUT2D eigenvalue weighted by molar-refractivity contribution is 7.22. The monoisotopic (exact) mass is 312 g/mol. The summed E-state index contributed by atoms with van der Waals surface area (Å²) in [5.74, 6) is 0.687. The third-order valence-electron chi connectivity index (χ3n) is 5.88. The zero-order chi connectivity index (χ0) is 14.4. The molecule has 3 fully saturated rings. The number of rotatable bonds is 1. The lowest BCUT2D eigenvalue weighted by molar-refractivity contribution is 0.0433. The van der Waals surface area contributed by atoms with E-state index in [1.54, 1.807) is 11.3 Å². The average molecular weight is 312 g/mol. The van der Waals surface area contributed by atoms with Gasteiger partial charge in [-0.2, -0.15) is 0 Å². The summed E-state index contributed by atoms with van der Waals surface area (Å²) >= 11 is 1.64. The number of aliphatic imine (C=N–C) groups is 1. The quantitative estimate of drug-likeness (QED) is 0.878. The van der Waals surface area contributed by atoms with Crippen LogP contribution in [0.3, 0.4) is 0 Å². The van der Waals surface area contributed by atoms with Gasteiger partial charge in [-0.15, -0.1) is 0 Å². The first-order valence-electron chi connectivity index (χ1n) is 7.89. The molecule has 0 amide bonds. The van der Waals surface area contributed by atoms with Gasteiger partial charge in [-0.1, -0.05) is 23.5 Å². The molecule has 4 heterocycles. The highest BCUT2D eigenvalue weighted by Gasteiger charge is 2.77. The third-order valence-corrected chi connectivity index (χ3v) is 6.83. The normalized spacial score (nSPS) is 38.4. The summed E-state index contributed by atoms with van der Waals surface area (Å²) in [7, 11) is 0. The number of hydrogen-bond acceptors (Lipinski definition) is 6. The van der Waals surface area contributed by atoms with Crippen LogP contribution in [0.2, 0.25) is 0 Å². The molecule has 6 rings (SSSR count). The van der Waals surface area contributed by atoms with E-state index in [1.807, 2.05) is 18.2 Å². The Hall–Kier alpha value is -1.66. The van der Waals surface area contributed by atoms with Crippen molar-refractivity contribution in [3.05, 3.63) is 24.3 Å². The van der Waals surface area contributed by atoms with E-state index in [4.69, 9.17) is 4.74 Å². The molecule has 1 saturated carbocycles. The predicted molar refractivity (Wildman–Crippen MR) is 86.4 cm³/mol. The van der Waals surface area contributed by atoms with Gasteiger partial charge >= 0.3 is 0 Å². The maximum absolute atomic E-state index is 6.30. The van der Waals surface area contributed by atoms with E-state index in [2.05, 4.69) is 26.3 Å². The molecule has 2 spiro atoms. The number of nitrogens with zero attached hydrogens (tertiary/aromatic N) is 3. The minimum absolute atomic E-state index is 0.0600. The summed E-state index contributed by atoms with van der Waals surface area (Å²) in [6.07, 6.45) is 2.65. The Kier molecular flexibility index (Phi) is 1.95. The van der Waals surface area contributed by atoms with Crippen LogP contribution in [0.1, 0.15) is 12.8 Å². The van der Waals surface area contributed by atoms with E-state index in [-0.39, 0.29) is 5.60 Å². The molecule has 112 valence electrons. The summed E-state index contributed by atoms with van der Waals surface area (Å²) in [5, 5.41) is 4.15. The zero-order valence-corrected chi connectivity index (χ0v) is 12.9. The number of benzene rings is 1. The van der Waals surface area contributed by atoms with Crippen LogP contribution in [0, 0.1) is 5.92 Å². The number of para-hydroxylation sites is 1. The van der Waals surface area contributed by atoms with Gasteiger partial charge in [0.2, 0.25) is 0 Å². The van der Waals surface area contributed by atoms with Gasteiger partial charge in [-0.3, -0.25) is 10.2 Å². The first-order valence-corrected chi connectivity index (χ1v) is 8.70. The zero-order valence-electron chi connectivity index (χ0n) is 12.1. The van der Waals surface area contributed by atoms with Crippen LogP contribution in [0.15, 0.2) is 29.3 Å². The summed E-state index contributed by atoms with van der Waals surface area (Å²) in [6.45, 7) is 3.08. The number of nitrogens with one attached hydrogen (secondary N) is 1. The van der Waals surface area contributed by atoms with Gasteiger partial charge < -0.3 is 4.74 Å². The van der Waals surface area contributed by atoms with E-state index in [1.165, 1.54) is 24.1 Å². The second kappa shape index (κ2) is 3.63. The van der Waals surface area contributed by atoms with E-state index in [0.717, 1.165) is 23.7 Å². The van der Waals surface area contributed by atoms with Crippen molar-refractivity contribution in [2.75, 3.05) is 25.0 Å². The molecule has 2 aromatic rings. The maximum atomic E-state index is 6.30.